The summed E-state index contributed by atoms with van der Waals surface area (Å²) in [6.45, 7) is 2.74. The molecule has 4 heteroatoms. The molecule has 2 heterocycles. The van der Waals surface area contributed by atoms with Crippen LogP contribution < -0.4 is 5.32 Å². The van der Waals surface area contributed by atoms with Gasteiger partial charge in [-0.3, -0.25) is 4.79 Å². The van der Waals surface area contributed by atoms with Crippen LogP contribution in [0.3, 0.4) is 0 Å². The van der Waals surface area contributed by atoms with Crippen LogP contribution in [0.5, 0.6) is 0 Å². The van der Waals surface area contributed by atoms with E-state index in [-0.39, 0.29) is 5.92 Å². The molecule has 1 aromatic heterocycles. The predicted molar refractivity (Wildman–Crippen MR) is 73.5 cm³/mol. The molecule has 1 saturated carbocycles. The molecule has 0 spiro atoms. The van der Waals surface area contributed by atoms with Gasteiger partial charge in [0, 0.05) is 19.1 Å². The Morgan fingerprint density at radius 2 is 2.33 bits per heavy atom. The Bertz CT molecular complexity index is 394. The number of carbonyl (C=O) groups excluding carboxylic acids is 1. The van der Waals surface area contributed by atoms with Crippen LogP contribution >= 0.6 is 11.3 Å². The van der Waals surface area contributed by atoms with Gasteiger partial charge in [0.25, 0.3) is 0 Å². The summed E-state index contributed by atoms with van der Waals surface area (Å²) in [6, 6.07) is 2.64. The fourth-order valence-corrected chi connectivity index (χ4v) is 3.31. The molecule has 0 radical (unpaired) electrons. The summed E-state index contributed by atoms with van der Waals surface area (Å²) in [7, 11) is 0. The molecule has 1 aliphatic heterocycles. The maximum Gasteiger partial charge on any atom is 0.227 e. The van der Waals surface area contributed by atoms with Crippen LogP contribution in [0.4, 0.5) is 0 Å². The van der Waals surface area contributed by atoms with Crippen molar-refractivity contribution in [2.45, 2.75) is 38.3 Å². The Morgan fingerprint density at radius 1 is 1.44 bits per heavy atom. The number of nitrogens with zero attached hydrogens (tertiary/aromatic N) is 1. The van der Waals surface area contributed by atoms with Crippen molar-refractivity contribution < 1.29 is 4.79 Å². The maximum atomic E-state index is 12.6. The van der Waals surface area contributed by atoms with Crippen LogP contribution in [-0.2, 0) is 11.3 Å². The van der Waals surface area contributed by atoms with Gasteiger partial charge in [0.05, 0.1) is 5.92 Å². The summed E-state index contributed by atoms with van der Waals surface area (Å²) < 4.78 is 0. The van der Waals surface area contributed by atoms with Crippen molar-refractivity contribution in [2.75, 3.05) is 13.1 Å². The van der Waals surface area contributed by atoms with Gasteiger partial charge in [-0.05, 0) is 54.6 Å². The molecule has 18 heavy (non-hydrogen) atoms. The lowest BCUT2D eigenvalue weighted by atomic mass is 9.98. The van der Waals surface area contributed by atoms with E-state index in [2.05, 4.69) is 27.0 Å². The average Bonchev–Trinajstić information content (AvgIpc) is 3.13. The number of nitrogens with one attached hydrogen (secondary N) is 1. The average molecular weight is 264 g/mol. The molecule has 98 valence electrons. The molecule has 3 rings (SSSR count). The van der Waals surface area contributed by atoms with E-state index in [1.54, 1.807) is 11.3 Å². The molecule has 1 saturated heterocycles. The molecule has 1 atom stereocenters. The van der Waals surface area contributed by atoms with Crippen LogP contribution in [0.25, 0.3) is 0 Å². The molecule has 1 aromatic rings. The molecule has 1 unspecified atom stereocenters. The maximum absolute atomic E-state index is 12.6. The van der Waals surface area contributed by atoms with Gasteiger partial charge in [0.2, 0.25) is 5.91 Å². The minimum Gasteiger partial charge on any atom is -0.335 e. The lowest BCUT2D eigenvalue weighted by molar-refractivity contribution is -0.137. The summed E-state index contributed by atoms with van der Waals surface area (Å²) in [6.07, 6.45) is 4.57. The number of rotatable bonds is 4. The van der Waals surface area contributed by atoms with Gasteiger partial charge in [-0.15, -0.1) is 0 Å². The minimum absolute atomic E-state index is 0.206. The van der Waals surface area contributed by atoms with E-state index in [0.29, 0.717) is 11.9 Å². The Labute approximate surface area is 112 Å². The van der Waals surface area contributed by atoms with Crippen LogP contribution in [0, 0.1) is 5.92 Å². The van der Waals surface area contributed by atoms with Gasteiger partial charge in [-0.2, -0.15) is 11.3 Å². The molecule has 3 nitrogen and oxygen atoms in total. The highest BCUT2D eigenvalue weighted by Crippen LogP contribution is 2.31. The quantitative estimate of drug-likeness (QED) is 0.904. The predicted octanol–water partition coefficient (Wildman–Crippen LogP) is 2.24. The van der Waals surface area contributed by atoms with E-state index in [9.17, 15) is 4.79 Å². The third-order valence-corrected chi connectivity index (χ3v) is 4.58. The Morgan fingerprint density at radius 3 is 2.94 bits per heavy atom. The number of thiophene rings is 1. The first-order chi connectivity index (χ1) is 8.84. The first-order valence-electron chi connectivity index (χ1n) is 6.87. The lowest BCUT2D eigenvalue weighted by Gasteiger charge is -2.29. The molecule has 2 aliphatic rings. The molecular weight excluding hydrogens is 244 g/mol. The second-order valence-corrected chi connectivity index (χ2v) is 6.15. The van der Waals surface area contributed by atoms with Crippen molar-refractivity contribution in [3.8, 4) is 0 Å². The van der Waals surface area contributed by atoms with Crippen LogP contribution in [0.15, 0.2) is 16.8 Å². The number of carbonyl (C=O) groups is 1. The first kappa shape index (κ1) is 12.2. The Kier molecular flexibility index (Phi) is 3.66. The number of hydrogen-bond donors (Lipinski definition) is 1. The highest BCUT2D eigenvalue weighted by Gasteiger charge is 2.36. The summed E-state index contributed by atoms with van der Waals surface area (Å²) in [5.41, 5.74) is 1.28. The highest BCUT2D eigenvalue weighted by atomic mass is 32.1. The zero-order chi connectivity index (χ0) is 12.4. The zero-order valence-corrected chi connectivity index (χ0v) is 11.4. The van der Waals surface area contributed by atoms with E-state index in [0.717, 1.165) is 32.5 Å². The van der Waals surface area contributed by atoms with Crippen LogP contribution in [0.1, 0.15) is 31.2 Å². The molecule has 0 aromatic carbocycles. The van der Waals surface area contributed by atoms with Crippen molar-refractivity contribution in [1.29, 1.82) is 0 Å². The fourth-order valence-electron chi connectivity index (χ4n) is 2.65. The van der Waals surface area contributed by atoms with Gasteiger partial charge in [-0.25, -0.2) is 0 Å². The van der Waals surface area contributed by atoms with Crippen molar-refractivity contribution in [3.63, 3.8) is 0 Å². The molecular formula is C14H20N2OS. The standard InChI is InChI=1S/C14H20N2OS/c17-14(12-2-1-6-15-8-12)16(13-3-4-13)9-11-5-7-18-10-11/h5,7,10,12-13,15H,1-4,6,8-9H2. The normalized spacial score (nSPS) is 23.9. The van der Waals surface area contributed by atoms with E-state index in [4.69, 9.17) is 0 Å². The summed E-state index contributed by atoms with van der Waals surface area (Å²) >= 11 is 1.71. The number of amides is 1. The molecule has 0 bridgehead atoms. The first-order valence-corrected chi connectivity index (χ1v) is 7.81. The number of piperidine rings is 1. The minimum atomic E-state index is 0.206. The largest absolute Gasteiger partial charge is 0.335 e. The second kappa shape index (κ2) is 5.41. The van der Waals surface area contributed by atoms with Gasteiger partial charge in [0.15, 0.2) is 0 Å². The van der Waals surface area contributed by atoms with Gasteiger partial charge >= 0.3 is 0 Å². The molecule has 1 N–H and O–H groups in total. The second-order valence-electron chi connectivity index (χ2n) is 5.37. The van der Waals surface area contributed by atoms with Crippen molar-refractivity contribution in [1.82, 2.24) is 10.2 Å². The lowest BCUT2D eigenvalue weighted by Crippen LogP contribution is -2.43. The van der Waals surface area contributed by atoms with Crippen molar-refractivity contribution in [3.05, 3.63) is 22.4 Å². The fraction of sp³-hybridized carbons (Fsp3) is 0.643. The van der Waals surface area contributed by atoms with E-state index in [1.165, 1.54) is 18.4 Å². The summed E-state index contributed by atoms with van der Waals surface area (Å²) in [4.78, 5) is 14.7. The summed E-state index contributed by atoms with van der Waals surface area (Å²) in [5.74, 6) is 0.578. The third-order valence-electron chi connectivity index (χ3n) is 3.85. The van der Waals surface area contributed by atoms with E-state index < -0.39 is 0 Å². The Hall–Kier alpha value is -0.870. The van der Waals surface area contributed by atoms with E-state index >= 15 is 0 Å². The van der Waals surface area contributed by atoms with Gasteiger partial charge < -0.3 is 10.2 Å². The molecule has 2 fully saturated rings. The summed E-state index contributed by atoms with van der Waals surface area (Å²) in [5, 5.41) is 7.59. The molecule has 1 amide bonds. The smallest absolute Gasteiger partial charge is 0.227 e. The SMILES string of the molecule is O=C(C1CCCNC1)N(Cc1ccsc1)C1CC1. The van der Waals surface area contributed by atoms with Crippen molar-refractivity contribution in [2.24, 2.45) is 5.92 Å². The topological polar surface area (TPSA) is 32.3 Å². The van der Waals surface area contributed by atoms with Crippen LogP contribution in [-0.4, -0.2) is 29.9 Å². The number of hydrogen-bond acceptors (Lipinski definition) is 3. The zero-order valence-electron chi connectivity index (χ0n) is 10.6. The van der Waals surface area contributed by atoms with E-state index in [1.807, 2.05) is 0 Å². The van der Waals surface area contributed by atoms with Gasteiger partial charge in [-0.1, -0.05) is 0 Å². The molecule has 1 aliphatic carbocycles. The van der Waals surface area contributed by atoms with Crippen molar-refractivity contribution >= 4 is 17.2 Å². The highest BCUT2D eigenvalue weighted by molar-refractivity contribution is 7.07. The van der Waals surface area contributed by atoms with Crippen LogP contribution in [0.2, 0.25) is 0 Å². The monoisotopic (exact) mass is 264 g/mol. The Balaban J connectivity index is 1.66. The third kappa shape index (κ3) is 2.75. The van der Waals surface area contributed by atoms with Gasteiger partial charge in [0.1, 0.15) is 0 Å².